The van der Waals surface area contributed by atoms with Gasteiger partial charge >= 0.3 is 0 Å². The van der Waals surface area contributed by atoms with Crippen molar-refractivity contribution in [1.82, 2.24) is 0 Å². The molecule has 0 aliphatic rings. The predicted molar refractivity (Wildman–Crippen MR) is 77.8 cm³/mol. The Labute approximate surface area is 117 Å². The molecule has 3 nitrogen and oxygen atoms in total. The predicted octanol–water partition coefficient (Wildman–Crippen LogP) is 5.58. The van der Waals surface area contributed by atoms with Crippen LogP contribution in [0, 0.1) is 0 Å². The number of hydrogen-bond donors (Lipinski definition) is 1. The Hall–Kier alpha value is -1.87. The Morgan fingerprint density at radius 3 is 2.16 bits per heavy atom. The number of phenolic OH excluding ortho intramolecular Hbond substituents is 1. The molecule has 0 atom stereocenters. The summed E-state index contributed by atoms with van der Waals surface area (Å²) in [5, 5.41) is 18.7. The van der Waals surface area contributed by atoms with Crippen molar-refractivity contribution in [2.24, 2.45) is 10.2 Å². The van der Waals surface area contributed by atoms with Gasteiger partial charge in [-0.2, -0.15) is 10.2 Å². The summed E-state index contributed by atoms with van der Waals surface area (Å²) in [6.07, 6.45) is 0. The summed E-state index contributed by atoms with van der Waals surface area (Å²) in [5.74, 6) is 0.533. The topological polar surface area (TPSA) is 45.0 Å². The van der Waals surface area contributed by atoms with Crippen LogP contribution in [0.5, 0.6) is 5.75 Å². The van der Waals surface area contributed by atoms with Crippen molar-refractivity contribution in [3.05, 3.63) is 53.1 Å². The lowest BCUT2D eigenvalue weighted by Crippen LogP contribution is -1.86. The van der Waals surface area contributed by atoms with E-state index in [1.165, 1.54) is 0 Å². The van der Waals surface area contributed by atoms with Crippen molar-refractivity contribution in [1.29, 1.82) is 0 Å². The molecule has 19 heavy (non-hydrogen) atoms. The van der Waals surface area contributed by atoms with Gasteiger partial charge in [-0.25, -0.2) is 0 Å². The van der Waals surface area contributed by atoms with Crippen LogP contribution in [0.3, 0.4) is 0 Å². The first-order chi connectivity index (χ1) is 9.06. The van der Waals surface area contributed by atoms with Gasteiger partial charge in [0, 0.05) is 5.02 Å². The van der Waals surface area contributed by atoms with Crippen molar-refractivity contribution in [3.63, 3.8) is 0 Å². The van der Waals surface area contributed by atoms with Gasteiger partial charge < -0.3 is 5.11 Å². The number of azo groups is 1. The summed E-state index contributed by atoms with van der Waals surface area (Å²) in [4.78, 5) is 0. The highest BCUT2D eigenvalue weighted by atomic mass is 35.5. The first kappa shape index (κ1) is 13.6. The highest BCUT2D eigenvalue weighted by Crippen LogP contribution is 2.30. The van der Waals surface area contributed by atoms with E-state index in [9.17, 15) is 5.11 Å². The molecule has 0 heterocycles. The van der Waals surface area contributed by atoms with Crippen LogP contribution >= 0.6 is 11.6 Å². The van der Waals surface area contributed by atoms with Crippen LogP contribution in [0.15, 0.2) is 52.7 Å². The Morgan fingerprint density at radius 1 is 0.947 bits per heavy atom. The van der Waals surface area contributed by atoms with Crippen molar-refractivity contribution in [3.8, 4) is 5.75 Å². The van der Waals surface area contributed by atoms with Gasteiger partial charge in [0.15, 0.2) is 0 Å². The van der Waals surface area contributed by atoms with Crippen LogP contribution in [0.1, 0.15) is 25.3 Å². The van der Waals surface area contributed by atoms with Gasteiger partial charge in [-0.3, -0.25) is 0 Å². The highest BCUT2D eigenvalue weighted by molar-refractivity contribution is 6.30. The summed E-state index contributed by atoms with van der Waals surface area (Å²) in [6, 6.07) is 12.4. The fourth-order valence-electron chi connectivity index (χ4n) is 1.69. The average molecular weight is 275 g/mol. The Morgan fingerprint density at radius 2 is 1.53 bits per heavy atom. The van der Waals surface area contributed by atoms with Crippen molar-refractivity contribution < 1.29 is 5.11 Å². The molecule has 0 saturated carbocycles. The molecular formula is C15H15ClN2O. The molecule has 0 bridgehead atoms. The highest BCUT2D eigenvalue weighted by Gasteiger charge is 2.06. The molecule has 0 aliphatic carbocycles. The number of nitrogens with zero attached hydrogens (tertiary/aromatic N) is 2. The van der Waals surface area contributed by atoms with Crippen LogP contribution < -0.4 is 0 Å². The zero-order chi connectivity index (χ0) is 13.8. The number of phenols is 1. The van der Waals surface area contributed by atoms with Gasteiger partial charge in [-0.05, 0) is 53.9 Å². The van der Waals surface area contributed by atoms with Crippen molar-refractivity contribution >= 4 is 23.0 Å². The third-order valence-electron chi connectivity index (χ3n) is 2.74. The second kappa shape index (κ2) is 5.85. The lowest BCUT2D eigenvalue weighted by atomic mass is 10.0. The summed E-state index contributed by atoms with van der Waals surface area (Å²) in [7, 11) is 0. The van der Waals surface area contributed by atoms with Gasteiger partial charge in [-0.1, -0.05) is 25.4 Å². The third kappa shape index (κ3) is 3.55. The second-order valence-corrected chi connectivity index (χ2v) is 5.01. The third-order valence-corrected chi connectivity index (χ3v) is 2.99. The number of rotatable bonds is 3. The SMILES string of the molecule is CC(C)c1cc(N=Nc2ccc(Cl)cc2)ccc1O. The van der Waals surface area contributed by atoms with Gasteiger partial charge in [0.1, 0.15) is 5.75 Å². The summed E-state index contributed by atoms with van der Waals surface area (Å²) >= 11 is 5.80. The van der Waals surface area contributed by atoms with E-state index < -0.39 is 0 Å². The van der Waals surface area contributed by atoms with Crippen LogP contribution in [-0.4, -0.2) is 5.11 Å². The molecule has 0 aliphatic heterocycles. The molecule has 0 spiro atoms. The Bertz CT molecular complexity index is 592. The van der Waals surface area contributed by atoms with E-state index in [2.05, 4.69) is 10.2 Å². The molecule has 0 aromatic heterocycles. The molecule has 2 aromatic carbocycles. The molecule has 0 radical (unpaired) electrons. The van der Waals surface area contributed by atoms with Gasteiger partial charge in [0.2, 0.25) is 0 Å². The quantitative estimate of drug-likeness (QED) is 0.729. The zero-order valence-corrected chi connectivity index (χ0v) is 11.6. The van der Waals surface area contributed by atoms with E-state index in [1.807, 2.05) is 19.9 Å². The molecule has 0 unspecified atom stereocenters. The van der Waals surface area contributed by atoms with E-state index >= 15 is 0 Å². The van der Waals surface area contributed by atoms with E-state index in [1.54, 1.807) is 36.4 Å². The first-order valence-electron chi connectivity index (χ1n) is 6.06. The number of aromatic hydroxyl groups is 1. The Balaban J connectivity index is 2.23. The number of halogens is 1. The van der Waals surface area contributed by atoms with Crippen LogP contribution in [-0.2, 0) is 0 Å². The van der Waals surface area contributed by atoms with Gasteiger partial charge in [-0.15, -0.1) is 0 Å². The maximum atomic E-state index is 9.73. The smallest absolute Gasteiger partial charge is 0.119 e. The molecule has 0 amide bonds. The second-order valence-electron chi connectivity index (χ2n) is 4.57. The molecule has 0 fully saturated rings. The van der Waals surface area contributed by atoms with E-state index in [0.29, 0.717) is 10.8 Å². The number of benzene rings is 2. The van der Waals surface area contributed by atoms with E-state index in [0.717, 1.165) is 16.9 Å². The molecule has 2 aromatic rings. The van der Waals surface area contributed by atoms with E-state index in [4.69, 9.17) is 11.6 Å². The molecule has 4 heteroatoms. The minimum absolute atomic E-state index is 0.241. The standard InChI is InChI=1S/C15H15ClN2O/c1-10(2)14-9-13(7-8-15(14)19)18-17-12-5-3-11(16)4-6-12/h3-10,19H,1-2H3. The minimum atomic E-state index is 0.241. The monoisotopic (exact) mass is 274 g/mol. The largest absolute Gasteiger partial charge is 0.508 e. The van der Waals surface area contributed by atoms with Gasteiger partial charge in [0.25, 0.3) is 0 Å². The minimum Gasteiger partial charge on any atom is -0.508 e. The Kier molecular flexibility index (Phi) is 4.17. The molecule has 1 N–H and O–H groups in total. The van der Waals surface area contributed by atoms with Crippen molar-refractivity contribution in [2.45, 2.75) is 19.8 Å². The van der Waals surface area contributed by atoms with Crippen LogP contribution in [0.25, 0.3) is 0 Å². The molecule has 98 valence electrons. The lowest BCUT2D eigenvalue weighted by molar-refractivity contribution is 0.465. The number of hydrogen-bond acceptors (Lipinski definition) is 3. The summed E-state index contributed by atoms with van der Waals surface area (Å²) in [6.45, 7) is 4.05. The van der Waals surface area contributed by atoms with Crippen LogP contribution in [0.2, 0.25) is 5.02 Å². The van der Waals surface area contributed by atoms with E-state index in [-0.39, 0.29) is 5.92 Å². The first-order valence-corrected chi connectivity index (χ1v) is 6.44. The maximum absolute atomic E-state index is 9.73. The zero-order valence-electron chi connectivity index (χ0n) is 10.8. The normalized spacial score (nSPS) is 11.4. The molecular weight excluding hydrogens is 260 g/mol. The van der Waals surface area contributed by atoms with Crippen LogP contribution in [0.4, 0.5) is 11.4 Å². The summed E-state index contributed by atoms with van der Waals surface area (Å²) in [5.41, 5.74) is 2.33. The lowest BCUT2D eigenvalue weighted by Gasteiger charge is -2.08. The molecule has 2 rings (SSSR count). The van der Waals surface area contributed by atoms with Crippen molar-refractivity contribution in [2.75, 3.05) is 0 Å². The molecule has 0 saturated heterocycles. The average Bonchev–Trinajstić information content (AvgIpc) is 2.39. The fraction of sp³-hybridized carbons (Fsp3) is 0.200. The summed E-state index contributed by atoms with van der Waals surface area (Å²) < 4.78 is 0. The fourth-order valence-corrected chi connectivity index (χ4v) is 1.82. The van der Waals surface area contributed by atoms with Gasteiger partial charge in [0.05, 0.1) is 11.4 Å². The maximum Gasteiger partial charge on any atom is 0.119 e.